The smallest absolute Gasteiger partial charge is 0.0321 e. The maximum absolute atomic E-state index is 2.46. The van der Waals surface area contributed by atoms with Gasteiger partial charge < -0.3 is 0 Å². The highest BCUT2D eigenvalue weighted by atomic mass is 14.4. The molecule has 0 aromatic rings. The summed E-state index contributed by atoms with van der Waals surface area (Å²) in [6.07, 6.45) is 8.70. The molecule has 0 saturated heterocycles. The summed E-state index contributed by atoms with van der Waals surface area (Å²) >= 11 is 0. The summed E-state index contributed by atoms with van der Waals surface area (Å²) < 4.78 is 0. The van der Waals surface area contributed by atoms with E-state index in [0.29, 0.717) is 0 Å². The number of hydrogen-bond donors (Lipinski definition) is 0. The van der Waals surface area contributed by atoms with Crippen LogP contribution in [0.3, 0.4) is 0 Å². The zero-order valence-corrected chi connectivity index (χ0v) is 16.3. The highest BCUT2D eigenvalue weighted by Gasteiger charge is 2.36. The fraction of sp³-hybridized carbons (Fsp3) is 1.00. The lowest BCUT2D eigenvalue weighted by Crippen LogP contribution is -2.32. The molecule has 0 aliphatic heterocycles. The Bertz CT molecular complexity index is 109. The average molecular weight is 275 g/mol. The van der Waals surface area contributed by atoms with Gasteiger partial charge in [-0.1, -0.05) is 95.4 Å². The molecule has 0 spiro atoms. The van der Waals surface area contributed by atoms with Crippen LogP contribution in [-0.2, 0) is 0 Å². The fourth-order valence-corrected chi connectivity index (χ4v) is 2.63. The van der Waals surface area contributed by atoms with Gasteiger partial charge in [-0.15, -0.1) is 0 Å². The number of hydrogen-bond acceptors (Lipinski definition) is 0. The standard InChI is InChI=1S/C11H22.4C2H6/c1-4-5-6-7-11(3)8-10(2)9-11;4*1-2/h10H,4-9H2,1-3H3;4*1-2H3. The van der Waals surface area contributed by atoms with Crippen LogP contribution >= 0.6 is 0 Å². The van der Waals surface area contributed by atoms with Crippen molar-refractivity contribution in [3.63, 3.8) is 0 Å². The molecule has 0 N–H and O–H groups in total. The van der Waals surface area contributed by atoms with Crippen LogP contribution in [0, 0.1) is 11.3 Å². The van der Waals surface area contributed by atoms with Crippen LogP contribution in [0.15, 0.2) is 0 Å². The van der Waals surface area contributed by atoms with Gasteiger partial charge in [0.25, 0.3) is 0 Å². The Hall–Kier alpha value is 0. The van der Waals surface area contributed by atoms with Gasteiger partial charge in [-0.3, -0.25) is 0 Å². The van der Waals surface area contributed by atoms with Gasteiger partial charge in [0.1, 0.15) is 0 Å². The first kappa shape index (κ1) is 27.4. The Kier molecular flexibility index (Phi) is 33.3. The van der Waals surface area contributed by atoms with E-state index in [4.69, 9.17) is 0 Å². The quantitative estimate of drug-likeness (QED) is 0.454. The van der Waals surface area contributed by atoms with E-state index >= 15 is 0 Å². The third-order valence-electron chi connectivity index (χ3n) is 3.07. The first-order valence-corrected chi connectivity index (χ1v) is 9.16. The van der Waals surface area contributed by atoms with Crippen molar-refractivity contribution >= 4 is 0 Å². The molecule has 0 unspecified atom stereocenters. The molecule has 1 rings (SSSR count). The van der Waals surface area contributed by atoms with E-state index in [-0.39, 0.29) is 0 Å². The molecule has 0 atom stereocenters. The van der Waals surface area contributed by atoms with Crippen LogP contribution in [-0.4, -0.2) is 0 Å². The maximum atomic E-state index is 2.46. The van der Waals surface area contributed by atoms with E-state index in [0.717, 1.165) is 11.3 Å². The molecule has 1 saturated carbocycles. The van der Waals surface area contributed by atoms with Crippen molar-refractivity contribution in [2.75, 3.05) is 0 Å². The lowest BCUT2D eigenvalue weighted by atomic mass is 9.62. The van der Waals surface area contributed by atoms with Gasteiger partial charge in [-0.25, -0.2) is 0 Å². The second kappa shape index (κ2) is 23.1. The summed E-state index contributed by atoms with van der Waals surface area (Å²) in [6.45, 7) is 23.1. The van der Waals surface area contributed by atoms with Crippen LogP contribution < -0.4 is 0 Å². The zero-order chi connectivity index (χ0) is 16.3. The Morgan fingerprint density at radius 2 is 1.16 bits per heavy atom. The minimum Gasteiger partial charge on any atom is -0.0683 e. The molecule has 0 nitrogen and oxygen atoms in total. The van der Waals surface area contributed by atoms with Crippen LogP contribution in [0.2, 0.25) is 0 Å². The predicted molar refractivity (Wildman–Crippen MR) is 96.0 cm³/mol. The molecule has 1 aliphatic rings. The third kappa shape index (κ3) is 18.0. The topological polar surface area (TPSA) is 0 Å². The molecule has 0 amide bonds. The normalized spacial score (nSPS) is 22.6. The monoisotopic (exact) mass is 274 g/mol. The fourth-order valence-electron chi connectivity index (χ4n) is 2.63. The molecular weight excluding hydrogens is 228 g/mol. The Morgan fingerprint density at radius 3 is 1.42 bits per heavy atom. The van der Waals surface area contributed by atoms with Crippen molar-refractivity contribution in [1.82, 2.24) is 0 Å². The van der Waals surface area contributed by atoms with Crippen molar-refractivity contribution in [2.24, 2.45) is 11.3 Å². The minimum absolute atomic E-state index is 0.745. The van der Waals surface area contributed by atoms with E-state index in [2.05, 4.69) is 20.8 Å². The van der Waals surface area contributed by atoms with Gasteiger partial charge in [0.2, 0.25) is 0 Å². The Labute approximate surface area is 126 Å². The highest BCUT2D eigenvalue weighted by Crippen LogP contribution is 2.48. The summed E-state index contributed by atoms with van der Waals surface area (Å²) in [6, 6.07) is 0. The Balaban J connectivity index is -0.000000121. The van der Waals surface area contributed by atoms with E-state index in [1.165, 1.54) is 38.5 Å². The van der Waals surface area contributed by atoms with Crippen molar-refractivity contribution < 1.29 is 0 Å². The van der Waals surface area contributed by atoms with Crippen LogP contribution in [0.25, 0.3) is 0 Å². The molecule has 122 valence electrons. The molecule has 1 fully saturated rings. The molecule has 0 heteroatoms. The third-order valence-corrected chi connectivity index (χ3v) is 3.07. The molecule has 0 radical (unpaired) electrons. The zero-order valence-electron chi connectivity index (χ0n) is 16.3. The van der Waals surface area contributed by atoms with Crippen molar-refractivity contribution in [1.29, 1.82) is 0 Å². The summed E-state index contributed by atoms with van der Waals surface area (Å²) in [5.74, 6) is 1.02. The van der Waals surface area contributed by atoms with Gasteiger partial charge in [-0.2, -0.15) is 0 Å². The van der Waals surface area contributed by atoms with Gasteiger partial charge in [0.15, 0.2) is 0 Å². The van der Waals surface area contributed by atoms with Gasteiger partial charge in [-0.05, 0) is 30.6 Å². The van der Waals surface area contributed by atoms with Gasteiger partial charge in [0, 0.05) is 0 Å². The average Bonchev–Trinajstić information content (AvgIpc) is 2.46. The van der Waals surface area contributed by atoms with Gasteiger partial charge in [0.05, 0.1) is 0 Å². The lowest BCUT2D eigenvalue weighted by Gasteiger charge is -2.44. The highest BCUT2D eigenvalue weighted by molar-refractivity contribution is 4.87. The van der Waals surface area contributed by atoms with Crippen molar-refractivity contribution in [3.8, 4) is 0 Å². The largest absolute Gasteiger partial charge is 0.0683 e. The second-order valence-electron chi connectivity index (χ2n) is 4.78. The first-order chi connectivity index (χ1) is 9.16. The molecule has 0 bridgehead atoms. The SMILES string of the molecule is CC.CC.CC.CC.CCCCCC1(C)CC(C)C1. The molecule has 19 heavy (non-hydrogen) atoms. The summed E-state index contributed by atoms with van der Waals surface area (Å²) in [4.78, 5) is 0. The summed E-state index contributed by atoms with van der Waals surface area (Å²) in [5.41, 5.74) is 0.745. The number of unbranched alkanes of at least 4 members (excludes halogenated alkanes) is 2. The summed E-state index contributed by atoms with van der Waals surface area (Å²) in [7, 11) is 0. The molecule has 1 aliphatic carbocycles. The Morgan fingerprint density at radius 1 is 0.789 bits per heavy atom. The summed E-state index contributed by atoms with van der Waals surface area (Å²) in [5, 5.41) is 0. The van der Waals surface area contributed by atoms with Crippen LogP contribution in [0.5, 0.6) is 0 Å². The second-order valence-corrected chi connectivity index (χ2v) is 4.78. The molecular formula is C19H46. The van der Waals surface area contributed by atoms with E-state index < -0.39 is 0 Å². The molecule has 0 aromatic heterocycles. The molecule has 0 heterocycles. The van der Waals surface area contributed by atoms with Crippen molar-refractivity contribution in [3.05, 3.63) is 0 Å². The number of rotatable bonds is 4. The van der Waals surface area contributed by atoms with Crippen molar-refractivity contribution in [2.45, 2.75) is 115 Å². The first-order valence-electron chi connectivity index (χ1n) is 9.16. The van der Waals surface area contributed by atoms with E-state index in [1.54, 1.807) is 0 Å². The van der Waals surface area contributed by atoms with Gasteiger partial charge >= 0.3 is 0 Å². The lowest BCUT2D eigenvalue weighted by molar-refractivity contribution is 0.0743. The maximum Gasteiger partial charge on any atom is -0.0321 e. The van der Waals surface area contributed by atoms with Crippen LogP contribution in [0.4, 0.5) is 0 Å². The minimum atomic E-state index is 0.745. The predicted octanol–water partition coefficient (Wildman–Crippen LogP) is 8.11. The van der Waals surface area contributed by atoms with E-state index in [9.17, 15) is 0 Å². The van der Waals surface area contributed by atoms with Crippen LogP contribution in [0.1, 0.15) is 115 Å². The van der Waals surface area contributed by atoms with E-state index in [1.807, 2.05) is 55.4 Å². The molecule has 0 aromatic carbocycles.